The van der Waals surface area contributed by atoms with Gasteiger partial charge in [0, 0.05) is 22.3 Å². The van der Waals surface area contributed by atoms with Crippen molar-refractivity contribution in [3.8, 4) is 17.5 Å². The molecule has 4 rings (SSSR count). The maximum atomic E-state index is 13.1. The number of rotatable bonds is 6. The van der Waals surface area contributed by atoms with Crippen LogP contribution in [0.5, 0.6) is 17.5 Å². The summed E-state index contributed by atoms with van der Waals surface area (Å²) >= 11 is 1.72. The lowest BCUT2D eigenvalue weighted by molar-refractivity contribution is -0.141. The fraction of sp³-hybridized carbons (Fsp3) is 0.250. The molecule has 2 unspecified atom stereocenters. The smallest absolute Gasteiger partial charge is 0.320 e. The molecular weight excluding hydrogens is 382 g/mol. The van der Waals surface area contributed by atoms with Crippen LogP contribution in [-0.4, -0.2) is 16.2 Å². The van der Waals surface area contributed by atoms with Crippen LogP contribution in [0.3, 0.4) is 0 Å². The van der Waals surface area contributed by atoms with E-state index in [-0.39, 0.29) is 22.5 Å². The largest absolute Gasteiger partial charge is 0.439 e. The number of carbonyl (C=O) groups is 1. The van der Waals surface area contributed by atoms with Crippen LogP contribution in [0.1, 0.15) is 20.8 Å². The van der Waals surface area contributed by atoms with Crippen molar-refractivity contribution < 1.29 is 14.3 Å². The van der Waals surface area contributed by atoms with Gasteiger partial charge in [0.05, 0.1) is 5.41 Å². The van der Waals surface area contributed by atoms with Crippen LogP contribution in [0.15, 0.2) is 83.8 Å². The Kier molecular flexibility index (Phi) is 5.09. The topological polar surface area (TPSA) is 48.4 Å². The lowest BCUT2D eigenvalue weighted by atomic mass is 9.99. The highest BCUT2D eigenvalue weighted by Gasteiger charge is 2.74. The number of thioether (sulfide) groups is 1. The predicted molar refractivity (Wildman–Crippen MR) is 114 cm³/mol. The number of para-hydroxylation sites is 1. The Hall–Kier alpha value is -2.79. The SMILES string of the molecule is CC1(C)C(Sc2ccccc2)C1(C)C(=O)Oc1cccc(Oc2ccccc2)n1. The molecule has 1 heterocycles. The van der Waals surface area contributed by atoms with Gasteiger partial charge in [0.25, 0.3) is 0 Å². The number of ether oxygens (including phenoxy) is 2. The Balaban J connectivity index is 1.47. The number of hydrogen-bond acceptors (Lipinski definition) is 5. The second-order valence-corrected chi connectivity index (χ2v) is 9.03. The van der Waals surface area contributed by atoms with E-state index < -0.39 is 5.41 Å². The highest BCUT2D eigenvalue weighted by molar-refractivity contribution is 8.00. The third kappa shape index (κ3) is 3.75. The van der Waals surface area contributed by atoms with Gasteiger partial charge in [-0.05, 0) is 36.6 Å². The second-order valence-electron chi connectivity index (χ2n) is 7.85. The first-order valence-electron chi connectivity index (χ1n) is 9.55. The number of carbonyl (C=O) groups excluding carboxylic acids is 1. The quantitative estimate of drug-likeness (QED) is 0.472. The standard InChI is InChI=1S/C24H23NO3S/c1-23(2)21(29-18-13-8-5-9-14-18)24(23,3)22(26)28-20-16-10-15-19(25-20)27-17-11-6-4-7-12-17/h4-16,21H,1-3H3. The fourth-order valence-electron chi connectivity index (χ4n) is 3.52. The zero-order valence-corrected chi connectivity index (χ0v) is 17.5. The summed E-state index contributed by atoms with van der Waals surface area (Å²) in [6, 6.07) is 24.7. The maximum absolute atomic E-state index is 13.1. The molecule has 29 heavy (non-hydrogen) atoms. The molecule has 2 atom stereocenters. The van der Waals surface area contributed by atoms with Crippen molar-refractivity contribution in [2.75, 3.05) is 0 Å². The summed E-state index contributed by atoms with van der Waals surface area (Å²) in [6.45, 7) is 6.19. The molecule has 0 spiro atoms. The number of nitrogens with zero attached hydrogens (tertiary/aromatic N) is 1. The van der Waals surface area contributed by atoms with E-state index in [1.807, 2.05) is 55.5 Å². The first-order chi connectivity index (χ1) is 13.9. The van der Waals surface area contributed by atoms with Crippen LogP contribution in [-0.2, 0) is 4.79 Å². The predicted octanol–water partition coefficient (Wildman–Crippen LogP) is 5.99. The van der Waals surface area contributed by atoms with Gasteiger partial charge in [-0.2, -0.15) is 4.98 Å². The molecular formula is C24H23NO3S. The Labute approximate surface area is 175 Å². The van der Waals surface area contributed by atoms with Crippen molar-refractivity contribution >= 4 is 17.7 Å². The van der Waals surface area contributed by atoms with Crippen LogP contribution >= 0.6 is 11.8 Å². The summed E-state index contributed by atoms with van der Waals surface area (Å²) in [4.78, 5) is 18.6. The van der Waals surface area contributed by atoms with Crippen LogP contribution in [0.4, 0.5) is 0 Å². The lowest BCUT2D eigenvalue weighted by Crippen LogP contribution is -2.24. The Morgan fingerprint density at radius 2 is 1.48 bits per heavy atom. The summed E-state index contributed by atoms with van der Waals surface area (Å²) < 4.78 is 11.4. The average Bonchev–Trinajstić information content (AvgIpc) is 3.16. The van der Waals surface area contributed by atoms with Crippen molar-refractivity contribution in [2.24, 2.45) is 10.8 Å². The van der Waals surface area contributed by atoms with Crippen LogP contribution in [0, 0.1) is 10.8 Å². The molecule has 0 amide bonds. The summed E-state index contributed by atoms with van der Waals surface area (Å²) in [5.41, 5.74) is -0.770. The minimum absolute atomic E-state index is 0.133. The molecule has 3 aromatic rings. The molecule has 1 aromatic heterocycles. The van der Waals surface area contributed by atoms with Crippen LogP contribution in [0.2, 0.25) is 0 Å². The highest BCUT2D eigenvalue weighted by atomic mass is 32.2. The number of hydrogen-bond donors (Lipinski definition) is 0. The molecule has 4 nitrogen and oxygen atoms in total. The van der Waals surface area contributed by atoms with Gasteiger partial charge in [-0.1, -0.05) is 56.3 Å². The number of aromatic nitrogens is 1. The Morgan fingerprint density at radius 3 is 2.17 bits per heavy atom. The molecule has 5 heteroatoms. The third-order valence-corrected chi connectivity index (χ3v) is 7.56. The van der Waals surface area contributed by atoms with Crippen molar-refractivity contribution in [2.45, 2.75) is 30.9 Å². The monoisotopic (exact) mass is 405 g/mol. The van der Waals surface area contributed by atoms with Crippen LogP contribution < -0.4 is 9.47 Å². The van der Waals surface area contributed by atoms with Gasteiger partial charge in [-0.3, -0.25) is 4.79 Å². The highest BCUT2D eigenvalue weighted by Crippen LogP contribution is 2.70. The van der Waals surface area contributed by atoms with E-state index in [2.05, 4.69) is 31.0 Å². The van der Waals surface area contributed by atoms with E-state index in [0.717, 1.165) is 4.90 Å². The summed E-state index contributed by atoms with van der Waals surface area (Å²) in [5, 5.41) is 0.133. The first-order valence-corrected chi connectivity index (χ1v) is 10.4. The van der Waals surface area contributed by atoms with Crippen molar-refractivity contribution in [1.29, 1.82) is 0 Å². The normalized spacial score (nSPS) is 22.0. The zero-order chi connectivity index (χ0) is 20.5. The van der Waals surface area contributed by atoms with Gasteiger partial charge in [-0.15, -0.1) is 11.8 Å². The van der Waals surface area contributed by atoms with Gasteiger partial charge in [0.1, 0.15) is 5.75 Å². The van der Waals surface area contributed by atoms with Gasteiger partial charge >= 0.3 is 5.97 Å². The molecule has 0 N–H and O–H groups in total. The van der Waals surface area contributed by atoms with Gasteiger partial charge in [-0.25, -0.2) is 0 Å². The van der Waals surface area contributed by atoms with Crippen molar-refractivity contribution in [1.82, 2.24) is 4.98 Å². The second kappa shape index (κ2) is 7.56. The maximum Gasteiger partial charge on any atom is 0.320 e. The number of benzene rings is 2. The molecule has 1 aliphatic rings. The van der Waals surface area contributed by atoms with Crippen molar-refractivity contribution in [3.63, 3.8) is 0 Å². The fourth-order valence-corrected chi connectivity index (χ4v) is 5.21. The molecule has 1 aliphatic carbocycles. The molecule has 2 aromatic carbocycles. The first kappa shape index (κ1) is 19.5. The summed E-state index contributed by atoms with van der Waals surface area (Å²) in [5.74, 6) is 1.05. The minimum atomic E-state index is -0.592. The number of esters is 1. The van der Waals surface area contributed by atoms with Crippen LogP contribution in [0.25, 0.3) is 0 Å². The zero-order valence-electron chi connectivity index (χ0n) is 16.7. The third-order valence-electron chi connectivity index (χ3n) is 5.72. The van der Waals surface area contributed by atoms with E-state index in [4.69, 9.17) is 9.47 Å². The number of pyridine rings is 1. The van der Waals surface area contributed by atoms with E-state index in [1.54, 1.807) is 30.0 Å². The van der Waals surface area contributed by atoms with Crippen molar-refractivity contribution in [3.05, 3.63) is 78.9 Å². The molecule has 0 saturated heterocycles. The van der Waals surface area contributed by atoms with Gasteiger partial charge < -0.3 is 9.47 Å². The molecule has 0 bridgehead atoms. The van der Waals surface area contributed by atoms with Gasteiger partial charge in [0.2, 0.25) is 11.8 Å². The summed E-state index contributed by atoms with van der Waals surface area (Å²) in [7, 11) is 0. The lowest BCUT2D eigenvalue weighted by Gasteiger charge is -2.13. The Bertz CT molecular complexity index is 1010. The molecule has 0 radical (unpaired) electrons. The molecule has 0 aliphatic heterocycles. The average molecular weight is 406 g/mol. The molecule has 1 fully saturated rings. The van der Waals surface area contributed by atoms with E-state index >= 15 is 0 Å². The minimum Gasteiger partial charge on any atom is -0.439 e. The Morgan fingerprint density at radius 1 is 0.862 bits per heavy atom. The van der Waals surface area contributed by atoms with E-state index in [0.29, 0.717) is 11.6 Å². The molecule has 1 saturated carbocycles. The summed E-state index contributed by atoms with van der Waals surface area (Å²) in [6.07, 6.45) is 0. The van der Waals surface area contributed by atoms with E-state index in [1.165, 1.54) is 0 Å². The van der Waals surface area contributed by atoms with Gasteiger partial charge in [0.15, 0.2) is 0 Å². The van der Waals surface area contributed by atoms with E-state index in [9.17, 15) is 4.79 Å². The molecule has 148 valence electrons.